The largest absolute Gasteiger partial charge is 0.507 e. The molecule has 0 spiro atoms. The molecule has 1 aliphatic heterocycles. The summed E-state index contributed by atoms with van der Waals surface area (Å²) in [6.07, 6.45) is 0. The third-order valence-corrected chi connectivity index (χ3v) is 5.68. The molecular formula is C25H19Cl2NO4. The summed E-state index contributed by atoms with van der Waals surface area (Å²) >= 11 is 12.0. The maximum Gasteiger partial charge on any atom is 0.300 e. The number of hydrogen-bond acceptors (Lipinski definition) is 4. The first kappa shape index (κ1) is 21.9. The van der Waals surface area contributed by atoms with Crippen molar-refractivity contribution >= 4 is 46.3 Å². The SMILES string of the molecule is CCOc1ccc(C2/C(=C(\O)c3ccc(Cl)cc3)C(=O)C(=O)N2c2ccc(Cl)cc2)cc1. The van der Waals surface area contributed by atoms with E-state index in [1.54, 1.807) is 72.8 Å². The molecule has 7 heteroatoms. The Labute approximate surface area is 195 Å². The molecule has 3 aromatic rings. The van der Waals surface area contributed by atoms with E-state index < -0.39 is 17.7 Å². The second-order valence-corrected chi connectivity index (χ2v) is 8.03. The molecule has 1 aliphatic rings. The Kier molecular flexibility index (Phi) is 6.21. The van der Waals surface area contributed by atoms with Crippen LogP contribution in [-0.4, -0.2) is 23.4 Å². The lowest BCUT2D eigenvalue weighted by Crippen LogP contribution is -2.29. The second kappa shape index (κ2) is 9.07. The van der Waals surface area contributed by atoms with Crippen molar-refractivity contribution in [3.05, 3.63) is 99.5 Å². The van der Waals surface area contributed by atoms with Gasteiger partial charge in [0.2, 0.25) is 0 Å². The van der Waals surface area contributed by atoms with Crippen molar-refractivity contribution in [2.45, 2.75) is 13.0 Å². The fourth-order valence-electron chi connectivity index (χ4n) is 3.69. The van der Waals surface area contributed by atoms with E-state index in [1.807, 2.05) is 6.92 Å². The Balaban J connectivity index is 1.89. The van der Waals surface area contributed by atoms with E-state index >= 15 is 0 Å². The number of ether oxygens (including phenoxy) is 1. The van der Waals surface area contributed by atoms with Crippen LogP contribution in [0.4, 0.5) is 5.69 Å². The van der Waals surface area contributed by atoms with E-state index in [0.717, 1.165) is 0 Å². The third-order valence-electron chi connectivity index (χ3n) is 5.17. The Hall–Kier alpha value is -3.28. The molecule has 1 amide bonds. The molecule has 1 N–H and O–H groups in total. The molecule has 0 aliphatic carbocycles. The molecule has 0 aromatic heterocycles. The number of amides is 1. The number of carbonyl (C=O) groups excluding carboxylic acids is 2. The number of anilines is 1. The molecule has 0 radical (unpaired) electrons. The van der Waals surface area contributed by atoms with Gasteiger partial charge in [-0.25, -0.2) is 0 Å². The lowest BCUT2D eigenvalue weighted by atomic mass is 9.95. The normalized spacial score (nSPS) is 17.6. The Morgan fingerprint density at radius 1 is 0.906 bits per heavy atom. The Bertz CT molecular complexity index is 1190. The van der Waals surface area contributed by atoms with Crippen LogP contribution in [0.15, 0.2) is 78.4 Å². The first-order chi connectivity index (χ1) is 15.4. The summed E-state index contributed by atoms with van der Waals surface area (Å²) in [5.74, 6) is -1.11. The number of rotatable bonds is 5. The van der Waals surface area contributed by atoms with E-state index in [0.29, 0.717) is 39.2 Å². The van der Waals surface area contributed by atoms with Gasteiger partial charge < -0.3 is 9.84 Å². The molecule has 32 heavy (non-hydrogen) atoms. The number of aliphatic hydroxyl groups is 1. The molecule has 162 valence electrons. The number of nitrogens with zero attached hydrogens (tertiary/aromatic N) is 1. The van der Waals surface area contributed by atoms with E-state index in [1.165, 1.54) is 4.90 Å². The zero-order chi connectivity index (χ0) is 22.8. The number of carbonyl (C=O) groups is 2. The molecule has 0 bridgehead atoms. The van der Waals surface area contributed by atoms with Gasteiger partial charge in [0.15, 0.2) is 0 Å². The predicted molar refractivity (Wildman–Crippen MR) is 125 cm³/mol. The summed E-state index contributed by atoms with van der Waals surface area (Å²) < 4.78 is 5.51. The Morgan fingerprint density at radius 3 is 2.03 bits per heavy atom. The topological polar surface area (TPSA) is 66.8 Å². The van der Waals surface area contributed by atoms with Gasteiger partial charge in [-0.1, -0.05) is 35.3 Å². The Morgan fingerprint density at radius 2 is 1.47 bits per heavy atom. The summed E-state index contributed by atoms with van der Waals surface area (Å²) in [4.78, 5) is 27.6. The zero-order valence-electron chi connectivity index (χ0n) is 17.1. The van der Waals surface area contributed by atoms with E-state index in [4.69, 9.17) is 27.9 Å². The van der Waals surface area contributed by atoms with Gasteiger partial charge in [0, 0.05) is 21.3 Å². The van der Waals surface area contributed by atoms with E-state index in [9.17, 15) is 14.7 Å². The fraction of sp³-hybridized carbons (Fsp3) is 0.120. The number of Topliss-reactive ketones (excluding diaryl/α,β-unsaturated/α-hetero) is 1. The standard InChI is InChI=1S/C25H19Cl2NO4/c1-2-32-20-13-5-15(6-14-20)22-21(23(29)16-3-7-17(26)8-4-16)24(30)25(31)28(22)19-11-9-18(27)10-12-19/h3-14,22,29H,2H2,1H3/b23-21+. The lowest BCUT2D eigenvalue weighted by Gasteiger charge is -2.25. The highest BCUT2D eigenvalue weighted by molar-refractivity contribution is 6.51. The average molecular weight is 468 g/mol. The minimum atomic E-state index is -0.831. The third kappa shape index (κ3) is 4.09. The van der Waals surface area contributed by atoms with Crippen LogP contribution in [-0.2, 0) is 9.59 Å². The maximum atomic E-state index is 13.1. The van der Waals surface area contributed by atoms with Crippen molar-refractivity contribution in [1.82, 2.24) is 0 Å². The summed E-state index contributed by atoms with van der Waals surface area (Å²) in [5, 5.41) is 12.1. The zero-order valence-corrected chi connectivity index (χ0v) is 18.6. The molecule has 1 fully saturated rings. The number of hydrogen-bond donors (Lipinski definition) is 1. The second-order valence-electron chi connectivity index (χ2n) is 7.15. The quantitative estimate of drug-likeness (QED) is 0.283. The van der Waals surface area contributed by atoms with Gasteiger partial charge in [-0.05, 0) is 73.2 Å². The van der Waals surface area contributed by atoms with Crippen molar-refractivity contribution in [3.8, 4) is 5.75 Å². The van der Waals surface area contributed by atoms with Crippen molar-refractivity contribution in [3.63, 3.8) is 0 Å². The van der Waals surface area contributed by atoms with Gasteiger partial charge in [0.25, 0.3) is 11.7 Å². The highest BCUT2D eigenvalue weighted by Gasteiger charge is 2.46. The fourth-order valence-corrected chi connectivity index (χ4v) is 3.94. The number of halogens is 2. The van der Waals surface area contributed by atoms with Crippen LogP contribution in [0.2, 0.25) is 10.0 Å². The van der Waals surface area contributed by atoms with Gasteiger partial charge in [0.1, 0.15) is 11.5 Å². The van der Waals surface area contributed by atoms with Crippen molar-refractivity contribution in [2.75, 3.05) is 11.5 Å². The highest BCUT2D eigenvalue weighted by atomic mass is 35.5. The van der Waals surface area contributed by atoms with Gasteiger partial charge in [-0.15, -0.1) is 0 Å². The molecule has 5 nitrogen and oxygen atoms in total. The van der Waals surface area contributed by atoms with E-state index in [2.05, 4.69) is 0 Å². The predicted octanol–water partition coefficient (Wildman–Crippen LogP) is 6.02. The summed E-state index contributed by atoms with van der Waals surface area (Å²) in [6.45, 7) is 2.40. The smallest absolute Gasteiger partial charge is 0.300 e. The van der Waals surface area contributed by atoms with Crippen LogP contribution < -0.4 is 9.64 Å². The molecule has 1 unspecified atom stereocenters. The van der Waals surface area contributed by atoms with Crippen LogP contribution >= 0.6 is 23.2 Å². The number of aliphatic hydroxyl groups excluding tert-OH is 1. The molecular weight excluding hydrogens is 449 g/mol. The van der Waals surface area contributed by atoms with Gasteiger partial charge in [-0.2, -0.15) is 0 Å². The minimum absolute atomic E-state index is 0.00330. The molecule has 1 heterocycles. The molecule has 1 saturated heterocycles. The van der Waals surface area contributed by atoms with Gasteiger partial charge in [0.05, 0.1) is 18.2 Å². The average Bonchev–Trinajstić information content (AvgIpc) is 3.06. The lowest BCUT2D eigenvalue weighted by molar-refractivity contribution is -0.132. The maximum absolute atomic E-state index is 13.1. The minimum Gasteiger partial charge on any atom is -0.507 e. The molecule has 3 aromatic carbocycles. The van der Waals surface area contributed by atoms with Crippen LogP contribution in [0.25, 0.3) is 5.76 Å². The van der Waals surface area contributed by atoms with Gasteiger partial charge >= 0.3 is 0 Å². The first-order valence-corrected chi connectivity index (χ1v) is 10.7. The molecule has 0 saturated carbocycles. The van der Waals surface area contributed by atoms with Crippen LogP contribution in [0.3, 0.4) is 0 Å². The molecule has 4 rings (SSSR count). The van der Waals surface area contributed by atoms with Crippen molar-refractivity contribution < 1.29 is 19.4 Å². The van der Waals surface area contributed by atoms with E-state index in [-0.39, 0.29) is 11.3 Å². The summed E-state index contributed by atoms with van der Waals surface area (Å²) in [6, 6.07) is 19.3. The molecule has 1 atom stereocenters. The first-order valence-electron chi connectivity index (χ1n) is 9.96. The summed E-state index contributed by atoms with van der Waals surface area (Å²) in [5.41, 5.74) is 1.53. The number of benzene rings is 3. The highest BCUT2D eigenvalue weighted by Crippen LogP contribution is 2.42. The van der Waals surface area contributed by atoms with Crippen LogP contribution in [0, 0.1) is 0 Å². The monoisotopic (exact) mass is 467 g/mol. The summed E-state index contributed by atoms with van der Waals surface area (Å²) in [7, 11) is 0. The van der Waals surface area contributed by atoms with Crippen molar-refractivity contribution in [1.29, 1.82) is 0 Å². The van der Waals surface area contributed by atoms with Crippen LogP contribution in [0.5, 0.6) is 5.75 Å². The van der Waals surface area contributed by atoms with Crippen LogP contribution in [0.1, 0.15) is 24.1 Å². The van der Waals surface area contributed by atoms with Gasteiger partial charge in [-0.3, -0.25) is 14.5 Å². The number of ketones is 1. The van der Waals surface area contributed by atoms with Crippen molar-refractivity contribution in [2.24, 2.45) is 0 Å².